The third-order valence-corrected chi connectivity index (χ3v) is 5.89. The average Bonchev–Trinajstić information content (AvgIpc) is 3.46. The van der Waals surface area contributed by atoms with E-state index in [0.717, 1.165) is 53.0 Å². The molecular weight excluding hydrogens is 428 g/mol. The molecule has 0 radical (unpaired) electrons. The van der Waals surface area contributed by atoms with E-state index in [1.165, 1.54) is 0 Å². The van der Waals surface area contributed by atoms with E-state index < -0.39 is 0 Å². The highest BCUT2D eigenvalue weighted by Crippen LogP contribution is 2.32. The highest BCUT2D eigenvalue weighted by atomic mass is 16.5. The molecule has 0 spiro atoms. The molecule has 1 saturated heterocycles. The summed E-state index contributed by atoms with van der Waals surface area (Å²) in [7, 11) is 5.62. The number of aryl methyl sites for hydroxylation is 1. The number of aromatic nitrogens is 4. The Balaban J connectivity index is 1.50. The molecule has 0 saturated carbocycles. The van der Waals surface area contributed by atoms with Crippen molar-refractivity contribution in [2.45, 2.75) is 12.5 Å². The quantitative estimate of drug-likeness (QED) is 0.444. The van der Waals surface area contributed by atoms with Gasteiger partial charge in [0, 0.05) is 60.8 Å². The zero-order valence-electron chi connectivity index (χ0n) is 19.4. The average molecular weight is 455 g/mol. The van der Waals surface area contributed by atoms with Gasteiger partial charge >= 0.3 is 0 Å². The number of anilines is 2. The summed E-state index contributed by atoms with van der Waals surface area (Å²) in [6, 6.07) is 9.73. The topological polar surface area (TPSA) is 77.3 Å². The van der Waals surface area contributed by atoms with Crippen LogP contribution in [0.15, 0.2) is 48.9 Å². The van der Waals surface area contributed by atoms with Gasteiger partial charge in [-0.2, -0.15) is 5.10 Å². The van der Waals surface area contributed by atoms with Gasteiger partial charge < -0.3 is 19.7 Å². The molecule has 1 aliphatic rings. The van der Waals surface area contributed by atoms with Gasteiger partial charge in [-0.05, 0) is 43.3 Å². The number of rotatable bonds is 6. The van der Waals surface area contributed by atoms with E-state index in [0.29, 0.717) is 17.2 Å². The SMILES string of the molecule is C#Cc1cc(OC)c2nc(Nc3cc(O[C@@H]4CCN(C)C4)cc(-c4cnn(C)c4)c3)ncc2c1. The van der Waals surface area contributed by atoms with Crippen LogP contribution in [0.25, 0.3) is 22.0 Å². The number of hydrogen-bond donors (Lipinski definition) is 1. The fourth-order valence-corrected chi connectivity index (χ4v) is 4.20. The maximum atomic E-state index is 6.34. The molecule has 1 fully saturated rings. The molecule has 0 unspecified atom stereocenters. The van der Waals surface area contributed by atoms with Crippen LogP contribution in [0.1, 0.15) is 12.0 Å². The van der Waals surface area contributed by atoms with Crippen LogP contribution in [-0.4, -0.2) is 58.0 Å². The van der Waals surface area contributed by atoms with Crippen molar-refractivity contribution in [3.8, 4) is 35.0 Å². The lowest BCUT2D eigenvalue weighted by atomic mass is 10.1. The molecule has 1 atom stereocenters. The molecular formula is C26H26N6O2. The summed E-state index contributed by atoms with van der Waals surface area (Å²) in [4.78, 5) is 11.5. The van der Waals surface area contributed by atoms with Crippen LogP contribution in [0.5, 0.6) is 11.5 Å². The maximum Gasteiger partial charge on any atom is 0.227 e. The fraction of sp³-hybridized carbons (Fsp3) is 0.269. The predicted molar refractivity (Wildman–Crippen MR) is 132 cm³/mol. The molecule has 172 valence electrons. The zero-order chi connectivity index (χ0) is 23.7. The Bertz CT molecular complexity index is 1390. The third kappa shape index (κ3) is 4.51. The number of fused-ring (bicyclic) bond motifs is 1. The van der Waals surface area contributed by atoms with Crippen LogP contribution >= 0.6 is 0 Å². The van der Waals surface area contributed by atoms with Crippen LogP contribution < -0.4 is 14.8 Å². The molecule has 0 aliphatic carbocycles. The first kappa shape index (κ1) is 21.7. The van der Waals surface area contributed by atoms with Crippen molar-refractivity contribution in [3.63, 3.8) is 0 Å². The Morgan fingerprint density at radius 3 is 2.71 bits per heavy atom. The van der Waals surface area contributed by atoms with Crippen molar-refractivity contribution in [2.75, 3.05) is 32.6 Å². The molecule has 2 aromatic carbocycles. The lowest BCUT2D eigenvalue weighted by Crippen LogP contribution is -2.21. The van der Waals surface area contributed by atoms with E-state index >= 15 is 0 Å². The second-order valence-corrected chi connectivity index (χ2v) is 8.52. The number of nitrogens with zero attached hydrogens (tertiary/aromatic N) is 5. The van der Waals surface area contributed by atoms with Crippen molar-refractivity contribution in [3.05, 3.63) is 54.5 Å². The van der Waals surface area contributed by atoms with Gasteiger partial charge in [0.1, 0.15) is 23.1 Å². The zero-order valence-corrected chi connectivity index (χ0v) is 19.4. The van der Waals surface area contributed by atoms with Gasteiger partial charge in [-0.15, -0.1) is 6.42 Å². The number of benzene rings is 2. The summed E-state index contributed by atoms with van der Waals surface area (Å²) in [6.45, 7) is 1.94. The van der Waals surface area contributed by atoms with Crippen LogP contribution in [0, 0.1) is 12.3 Å². The Kier molecular flexibility index (Phi) is 5.78. The van der Waals surface area contributed by atoms with Crippen LogP contribution in [-0.2, 0) is 7.05 Å². The Labute approximate surface area is 198 Å². The van der Waals surface area contributed by atoms with Crippen LogP contribution in [0.4, 0.5) is 11.6 Å². The minimum Gasteiger partial charge on any atom is -0.494 e. The number of methoxy groups -OCH3 is 1. The minimum atomic E-state index is 0.161. The molecule has 3 heterocycles. The summed E-state index contributed by atoms with van der Waals surface area (Å²) >= 11 is 0. The molecule has 0 amide bonds. The number of likely N-dealkylation sites (N-methyl/N-ethyl adjacent to an activating group) is 1. The first-order valence-corrected chi connectivity index (χ1v) is 11.1. The first-order valence-electron chi connectivity index (χ1n) is 11.1. The van der Waals surface area contributed by atoms with E-state index in [-0.39, 0.29) is 6.10 Å². The summed E-state index contributed by atoms with van der Waals surface area (Å²) in [5.41, 5.74) is 4.23. The van der Waals surface area contributed by atoms with Gasteiger partial charge in [-0.3, -0.25) is 4.68 Å². The van der Waals surface area contributed by atoms with Gasteiger partial charge in [0.05, 0.1) is 13.3 Å². The van der Waals surface area contributed by atoms with Crippen molar-refractivity contribution in [1.29, 1.82) is 0 Å². The van der Waals surface area contributed by atoms with Crippen molar-refractivity contribution in [1.82, 2.24) is 24.6 Å². The highest BCUT2D eigenvalue weighted by molar-refractivity contribution is 5.86. The van der Waals surface area contributed by atoms with Crippen molar-refractivity contribution < 1.29 is 9.47 Å². The van der Waals surface area contributed by atoms with Gasteiger partial charge in [0.15, 0.2) is 0 Å². The van der Waals surface area contributed by atoms with Gasteiger partial charge in [-0.25, -0.2) is 9.97 Å². The number of nitrogens with one attached hydrogen (secondary N) is 1. The molecule has 34 heavy (non-hydrogen) atoms. The minimum absolute atomic E-state index is 0.161. The lowest BCUT2D eigenvalue weighted by molar-refractivity contribution is 0.208. The second-order valence-electron chi connectivity index (χ2n) is 8.52. The second kappa shape index (κ2) is 9.04. The summed E-state index contributed by atoms with van der Waals surface area (Å²) < 4.78 is 13.6. The van der Waals surface area contributed by atoms with E-state index in [2.05, 4.69) is 38.3 Å². The predicted octanol–water partition coefficient (Wildman–Crippen LogP) is 3.85. The molecule has 1 N–H and O–H groups in total. The van der Waals surface area contributed by atoms with Crippen LogP contribution in [0.3, 0.4) is 0 Å². The molecule has 2 aromatic heterocycles. The van der Waals surface area contributed by atoms with Gasteiger partial charge in [0.25, 0.3) is 0 Å². The summed E-state index contributed by atoms with van der Waals surface area (Å²) in [6.07, 6.45) is 12.3. The van der Waals surface area contributed by atoms with Gasteiger partial charge in [-0.1, -0.05) is 5.92 Å². The third-order valence-electron chi connectivity index (χ3n) is 5.89. The summed E-state index contributed by atoms with van der Waals surface area (Å²) in [5, 5.41) is 8.46. The normalized spacial score (nSPS) is 15.9. The van der Waals surface area contributed by atoms with Crippen molar-refractivity contribution >= 4 is 22.5 Å². The summed E-state index contributed by atoms with van der Waals surface area (Å²) in [5.74, 6) is 4.49. The number of ether oxygens (including phenoxy) is 2. The smallest absolute Gasteiger partial charge is 0.227 e. The number of terminal acetylenes is 1. The Hall–Kier alpha value is -4.09. The fourth-order valence-electron chi connectivity index (χ4n) is 4.20. The van der Waals surface area contributed by atoms with Crippen molar-refractivity contribution in [2.24, 2.45) is 7.05 Å². The highest BCUT2D eigenvalue weighted by Gasteiger charge is 2.21. The van der Waals surface area contributed by atoms with Gasteiger partial charge in [0.2, 0.25) is 5.95 Å². The molecule has 8 heteroatoms. The largest absolute Gasteiger partial charge is 0.494 e. The standard InChI is InChI=1S/C26H26N6O2/c1-5-17-8-19-13-27-26(30-25(19)24(9-17)33-4)29-21-10-18(20-14-28-32(3)15-20)11-23(12-21)34-22-6-7-31(2)16-22/h1,8-15,22H,6-7,16H2,2-4H3,(H,27,29,30)/t22-/m1/s1. The Morgan fingerprint density at radius 2 is 2.00 bits per heavy atom. The lowest BCUT2D eigenvalue weighted by Gasteiger charge is -2.16. The molecule has 0 bridgehead atoms. The maximum absolute atomic E-state index is 6.34. The first-order chi connectivity index (χ1) is 16.5. The Morgan fingerprint density at radius 1 is 1.12 bits per heavy atom. The van der Waals surface area contributed by atoms with E-state index in [4.69, 9.17) is 15.9 Å². The van der Waals surface area contributed by atoms with E-state index in [1.54, 1.807) is 24.1 Å². The molecule has 5 rings (SSSR count). The molecule has 8 nitrogen and oxygen atoms in total. The number of likely N-dealkylation sites (tertiary alicyclic amines) is 1. The van der Waals surface area contributed by atoms with Crippen LogP contribution in [0.2, 0.25) is 0 Å². The monoisotopic (exact) mass is 454 g/mol. The molecule has 1 aliphatic heterocycles. The van der Waals surface area contributed by atoms with E-state index in [9.17, 15) is 0 Å². The number of hydrogen-bond acceptors (Lipinski definition) is 7. The molecule has 4 aromatic rings. The van der Waals surface area contributed by atoms with E-state index in [1.807, 2.05) is 43.7 Å².